The van der Waals surface area contributed by atoms with E-state index in [9.17, 15) is 0 Å². The van der Waals surface area contributed by atoms with Gasteiger partial charge in [0.2, 0.25) is 0 Å². The summed E-state index contributed by atoms with van der Waals surface area (Å²) in [5, 5.41) is 0. The topological polar surface area (TPSA) is 0 Å². The normalized spacial score (nSPS) is 49.1. The molecule has 0 saturated heterocycles. The smallest absolute Gasteiger partial charge is 0.00851 e. The van der Waals surface area contributed by atoms with Crippen LogP contribution in [0.15, 0.2) is 11.6 Å². The SMILES string of the molecule is CCCCCC1CCC2C3CC=C4CC(C)CCC4(C)C3CCC12C. The van der Waals surface area contributed by atoms with Gasteiger partial charge in [-0.3, -0.25) is 0 Å². The van der Waals surface area contributed by atoms with Crippen molar-refractivity contribution in [3.63, 3.8) is 0 Å². The largest absolute Gasteiger partial charge is 0.0845 e. The Morgan fingerprint density at radius 1 is 1.00 bits per heavy atom. The monoisotopic (exact) mass is 342 g/mol. The average Bonchev–Trinajstić information content (AvgIpc) is 2.92. The van der Waals surface area contributed by atoms with Crippen LogP contribution in [-0.2, 0) is 0 Å². The molecule has 142 valence electrons. The predicted octanol–water partition coefficient (Wildman–Crippen LogP) is 7.78. The zero-order chi connectivity index (χ0) is 17.7. The van der Waals surface area contributed by atoms with Crippen molar-refractivity contribution >= 4 is 0 Å². The van der Waals surface area contributed by atoms with Crippen molar-refractivity contribution in [1.29, 1.82) is 0 Å². The number of rotatable bonds is 4. The van der Waals surface area contributed by atoms with E-state index in [4.69, 9.17) is 0 Å². The molecule has 0 heterocycles. The maximum absolute atomic E-state index is 2.74. The van der Waals surface area contributed by atoms with Gasteiger partial charge in [0.05, 0.1) is 0 Å². The lowest BCUT2D eigenvalue weighted by Gasteiger charge is -2.58. The molecule has 4 aliphatic rings. The highest BCUT2D eigenvalue weighted by molar-refractivity contribution is 5.24. The van der Waals surface area contributed by atoms with Gasteiger partial charge in [0, 0.05) is 0 Å². The van der Waals surface area contributed by atoms with E-state index in [1.807, 2.05) is 5.57 Å². The van der Waals surface area contributed by atoms with Gasteiger partial charge in [0.25, 0.3) is 0 Å². The van der Waals surface area contributed by atoms with Gasteiger partial charge in [-0.25, -0.2) is 0 Å². The van der Waals surface area contributed by atoms with E-state index in [0.29, 0.717) is 10.8 Å². The molecule has 0 aromatic carbocycles. The molecule has 0 radical (unpaired) electrons. The summed E-state index contributed by atoms with van der Waals surface area (Å²) in [7, 11) is 0. The lowest BCUT2D eigenvalue weighted by molar-refractivity contribution is -0.0450. The van der Waals surface area contributed by atoms with E-state index in [0.717, 1.165) is 29.6 Å². The molecule has 0 aliphatic heterocycles. The minimum atomic E-state index is 0.567. The van der Waals surface area contributed by atoms with E-state index in [1.54, 1.807) is 12.8 Å². The summed E-state index contributed by atoms with van der Waals surface area (Å²) in [4.78, 5) is 0. The molecule has 0 aromatic heterocycles. The molecular weight excluding hydrogens is 300 g/mol. The molecule has 3 fully saturated rings. The molecule has 4 rings (SSSR count). The van der Waals surface area contributed by atoms with E-state index in [2.05, 4.69) is 33.8 Å². The van der Waals surface area contributed by atoms with Crippen molar-refractivity contribution in [2.45, 2.75) is 105 Å². The van der Waals surface area contributed by atoms with Crippen molar-refractivity contribution < 1.29 is 0 Å². The van der Waals surface area contributed by atoms with Crippen LogP contribution >= 0.6 is 0 Å². The van der Waals surface area contributed by atoms with Crippen LogP contribution in [0.1, 0.15) is 105 Å². The lowest BCUT2D eigenvalue weighted by atomic mass is 9.47. The first-order chi connectivity index (χ1) is 12.0. The Morgan fingerprint density at radius 2 is 1.84 bits per heavy atom. The number of hydrogen-bond acceptors (Lipinski definition) is 0. The Labute approximate surface area is 157 Å². The Balaban J connectivity index is 1.54. The van der Waals surface area contributed by atoms with E-state index in [1.165, 1.54) is 64.2 Å². The Bertz CT molecular complexity index is 516. The number of unbranched alkanes of at least 4 members (excludes halogenated alkanes) is 2. The summed E-state index contributed by atoms with van der Waals surface area (Å²) in [5.41, 5.74) is 3.11. The zero-order valence-corrected chi connectivity index (χ0v) is 17.4. The second-order valence-electron chi connectivity index (χ2n) is 10.9. The van der Waals surface area contributed by atoms with Crippen LogP contribution in [-0.4, -0.2) is 0 Å². The van der Waals surface area contributed by atoms with Crippen LogP contribution in [0.2, 0.25) is 0 Å². The van der Waals surface area contributed by atoms with Gasteiger partial charge in [-0.1, -0.05) is 58.6 Å². The standard InChI is InChI=1S/C25H42/c1-5-6-7-8-19-10-12-22-21-11-9-20-17-18(2)13-15-25(20,4)23(21)14-16-24(19,22)3/h9,18-19,21-23H,5-8,10-17H2,1-4H3. The summed E-state index contributed by atoms with van der Waals surface area (Å²) in [6, 6.07) is 0. The van der Waals surface area contributed by atoms with E-state index in [-0.39, 0.29) is 0 Å². The summed E-state index contributed by atoms with van der Waals surface area (Å²) in [5.74, 6) is 5.02. The third kappa shape index (κ3) is 2.85. The highest BCUT2D eigenvalue weighted by Gasteiger charge is 2.58. The molecular formula is C25H42. The molecule has 0 nitrogen and oxygen atoms in total. The Hall–Kier alpha value is -0.260. The van der Waals surface area contributed by atoms with Gasteiger partial charge >= 0.3 is 0 Å². The molecule has 25 heavy (non-hydrogen) atoms. The summed E-state index contributed by atoms with van der Waals surface area (Å²) in [6.07, 6.45) is 20.5. The molecule has 0 N–H and O–H groups in total. The van der Waals surface area contributed by atoms with Gasteiger partial charge in [-0.15, -0.1) is 0 Å². The van der Waals surface area contributed by atoms with Gasteiger partial charge in [0.15, 0.2) is 0 Å². The van der Waals surface area contributed by atoms with Gasteiger partial charge < -0.3 is 0 Å². The molecule has 4 aliphatic carbocycles. The fourth-order valence-electron chi connectivity index (χ4n) is 8.07. The van der Waals surface area contributed by atoms with Crippen molar-refractivity contribution in [2.75, 3.05) is 0 Å². The molecule has 0 spiro atoms. The maximum Gasteiger partial charge on any atom is -0.00851 e. The molecule has 0 bridgehead atoms. The van der Waals surface area contributed by atoms with E-state index >= 15 is 0 Å². The van der Waals surface area contributed by atoms with Crippen LogP contribution in [0, 0.1) is 40.4 Å². The summed E-state index contributed by atoms with van der Waals surface area (Å²) < 4.78 is 0. The highest BCUT2D eigenvalue weighted by atomic mass is 14.6. The lowest BCUT2D eigenvalue weighted by Crippen LogP contribution is -2.49. The summed E-state index contributed by atoms with van der Waals surface area (Å²) >= 11 is 0. The second kappa shape index (κ2) is 6.72. The van der Waals surface area contributed by atoms with Crippen LogP contribution in [0.4, 0.5) is 0 Å². The van der Waals surface area contributed by atoms with Crippen molar-refractivity contribution in [3.8, 4) is 0 Å². The van der Waals surface area contributed by atoms with Crippen LogP contribution in [0.3, 0.4) is 0 Å². The molecule has 7 atom stereocenters. The minimum Gasteiger partial charge on any atom is -0.0845 e. The fourth-order valence-corrected chi connectivity index (χ4v) is 8.07. The third-order valence-corrected chi connectivity index (χ3v) is 9.70. The zero-order valence-electron chi connectivity index (χ0n) is 17.4. The third-order valence-electron chi connectivity index (χ3n) is 9.70. The quantitative estimate of drug-likeness (QED) is 0.361. The number of hydrogen-bond donors (Lipinski definition) is 0. The first kappa shape index (κ1) is 18.1. The molecule has 7 unspecified atom stereocenters. The van der Waals surface area contributed by atoms with E-state index < -0.39 is 0 Å². The first-order valence-corrected chi connectivity index (χ1v) is 11.7. The minimum absolute atomic E-state index is 0.567. The predicted molar refractivity (Wildman–Crippen MR) is 108 cm³/mol. The van der Waals surface area contributed by atoms with Crippen LogP contribution < -0.4 is 0 Å². The maximum atomic E-state index is 2.74. The van der Waals surface area contributed by atoms with Gasteiger partial charge in [0.1, 0.15) is 0 Å². The number of fused-ring (bicyclic) bond motifs is 5. The second-order valence-corrected chi connectivity index (χ2v) is 10.9. The van der Waals surface area contributed by atoms with Gasteiger partial charge in [-0.05, 0) is 98.2 Å². The Kier molecular flexibility index (Phi) is 4.87. The highest BCUT2D eigenvalue weighted by Crippen LogP contribution is 2.67. The molecule has 0 heteroatoms. The van der Waals surface area contributed by atoms with Crippen LogP contribution in [0.25, 0.3) is 0 Å². The van der Waals surface area contributed by atoms with Crippen molar-refractivity contribution in [1.82, 2.24) is 0 Å². The summed E-state index contributed by atoms with van der Waals surface area (Å²) in [6.45, 7) is 10.2. The molecule has 0 amide bonds. The van der Waals surface area contributed by atoms with Gasteiger partial charge in [-0.2, -0.15) is 0 Å². The van der Waals surface area contributed by atoms with Crippen LogP contribution in [0.5, 0.6) is 0 Å². The first-order valence-electron chi connectivity index (χ1n) is 11.7. The van der Waals surface area contributed by atoms with Crippen molar-refractivity contribution in [3.05, 3.63) is 11.6 Å². The molecule has 3 saturated carbocycles. The Morgan fingerprint density at radius 3 is 2.64 bits per heavy atom. The molecule has 0 aromatic rings. The van der Waals surface area contributed by atoms with Crippen molar-refractivity contribution in [2.24, 2.45) is 40.4 Å². The fraction of sp³-hybridized carbons (Fsp3) is 0.920. The number of allylic oxidation sites excluding steroid dienone is 2. The average molecular weight is 343 g/mol.